The maximum absolute atomic E-state index is 10.4. The molecule has 0 aliphatic heterocycles. The molecule has 1 heterocycles. The first-order chi connectivity index (χ1) is 7.38. The van der Waals surface area contributed by atoms with Crippen LogP contribution in [0.2, 0.25) is 0 Å². The molecule has 0 saturated carbocycles. The Kier molecular flexibility index (Phi) is 4.26. The van der Waals surface area contributed by atoms with Gasteiger partial charge in [-0.3, -0.25) is 0 Å². The number of hydrogen-bond acceptors (Lipinski definition) is 4. The third-order valence-electron chi connectivity index (χ3n) is 2.20. The highest BCUT2D eigenvalue weighted by Crippen LogP contribution is 2.05. The summed E-state index contributed by atoms with van der Waals surface area (Å²) in [6, 6.07) is 3.87. The molecule has 0 atom stereocenters. The minimum absolute atomic E-state index is 0.310. The van der Waals surface area contributed by atoms with Crippen molar-refractivity contribution in [2.24, 2.45) is 0 Å². The van der Waals surface area contributed by atoms with E-state index in [4.69, 9.17) is 0 Å². The molecule has 0 radical (unpaired) electrons. The maximum atomic E-state index is 10.4. The van der Waals surface area contributed by atoms with Gasteiger partial charge in [-0.2, -0.15) is 0 Å². The maximum Gasteiger partial charge on any atom is 0.170 e. The van der Waals surface area contributed by atoms with Gasteiger partial charge >= 0.3 is 0 Å². The normalized spacial score (nSPS) is 11.4. The fraction of sp³-hybridized carbons (Fsp3) is 0.500. The van der Waals surface area contributed by atoms with Gasteiger partial charge in [-0.05, 0) is 0 Å². The van der Waals surface area contributed by atoms with Gasteiger partial charge in [0.2, 0.25) is 0 Å². The second-order valence-corrected chi connectivity index (χ2v) is 5.33. The van der Waals surface area contributed by atoms with E-state index in [2.05, 4.69) is 0 Å². The van der Waals surface area contributed by atoms with Crippen molar-refractivity contribution in [1.29, 1.82) is 0 Å². The number of hydrogen-bond donors (Lipinski definition) is 0. The Morgan fingerprint density at radius 3 is 2.31 bits per heavy atom. The molecule has 0 aliphatic carbocycles. The van der Waals surface area contributed by atoms with Gasteiger partial charge in [-0.15, -0.1) is 0 Å². The van der Waals surface area contributed by atoms with E-state index >= 15 is 0 Å². The molecule has 0 aliphatic rings. The van der Waals surface area contributed by atoms with Crippen molar-refractivity contribution in [3.63, 3.8) is 0 Å². The quantitative estimate of drug-likeness (QED) is 0.539. The summed E-state index contributed by atoms with van der Waals surface area (Å²) < 4.78 is 33.0. The van der Waals surface area contributed by atoms with Gasteiger partial charge in [0, 0.05) is 44.1 Å². The molecule has 0 bridgehead atoms. The average Bonchev–Trinajstić information content (AvgIpc) is 2.16. The minimum atomic E-state index is -4.09. The zero-order valence-corrected chi connectivity index (χ0v) is 10.3. The molecule has 90 valence electrons. The SMILES string of the molecule is CN(C)c1cc[n+](CCCS(=O)(=O)[O-])cc1. The summed E-state index contributed by atoms with van der Waals surface area (Å²) in [5.74, 6) is -0.310. The van der Waals surface area contributed by atoms with E-state index in [0.717, 1.165) is 5.69 Å². The predicted octanol–water partition coefficient (Wildman–Crippen LogP) is -0.0246. The third-order valence-corrected chi connectivity index (χ3v) is 2.99. The third kappa shape index (κ3) is 4.59. The van der Waals surface area contributed by atoms with Crippen molar-refractivity contribution in [2.75, 3.05) is 24.7 Å². The Balaban J connectivity index is 2.50. The van der Waals surface area contributed by atoms with Crippen molar-refractivity contribution in [3.8, 4) is 0 Å². The summed E-state index contributed by atoms with van der Waals surface area (Å²) in [4.78, 5) is 1.98. The number of anilines is 1. The van der Waals surface area contributed by atoms with Crippen LogP contribution in [0.4, 0.5) is 5.69 Å². The van der Waals surface area contributed by atoms with Gasteiger partial charge in [-0.25, -0.2) is 13.0 Å². The van der Waals surface area contributed by atoms with Crippen molar-refractivity contribution in [1.82, 2.24) is 0 Å². The van der Waals surface area contributed by atoms with Crippen molar-refractivity contribution in [2.45, 2.75) is 13.0 Å². The molecule has 0 saturated heterocycles. The highest BCUT2D eigenvalue weighted by Gasteiger charge is 2.03. The van der Waals surface area contributed by atoms with Gasteiger partial charge in [-0.1, -0.05) is 0 Å². The van der Waals surface area contributed by atoms with E-state index in [1.54, 1.807) is 0 Å². The van der Waals surface area contributed by atoms with Crippen LogP contribution in [0.25, 0.3) is 0 Å². The van der Waals surface area contributed by atoms with Crippen LogP contribution in [0.15, 0.2) is 24.5 Å². The topological polar surface area (TPSA) is 64.3 Å². The first-order valence-electron chi connectivity index (χ1n) is 4.98. The summed E-state index contributed by atoms with van der Waals surface area (Å²) in [5.41, 5.74) is 1.08. The molecule has 0 aromatic carbocycles. The molecule has 0 spiro atoms. The second-order valence-electron chi connectivity index (χ2n) is 3.80. The number of nitrogens with zero attached hydrogens (tertiary/aromatic N) is 2. The van der Waals surface area contributed by atoms with Crippen LogP contribution in [-0.2, 0) is 16.7 Å². The molecule has 1 aromatic heterocycles. The van der Waals surface area contributed by atoms with Crippen LogP contribution in [0, 0.1) is 0 Å². The van der Waals surface area contributed by atoms with Gasteiger partial charge in [0.15, 0.2) is 12.4 Å². The average molecular weight is 244 g/mol. The van der Waals surface area contributed by atoms with Gasteiger partial charge in [0.1, 0.15) is 6.54 Å². The predicted molar refractivity (Wildman–Crippen MR) is 60.1 cm³/mol. The van der Waals surface area contributed by atoms with E-state index in [1.165, 1.54) is 0 Å². The molecule has 1 aromatic rings. The fourth-order valence-corrected chi connectivity index (χ4v) is 1.80. The van der Waals surface area contributed by atoms with Crippen molar-refractivity contribution < 1.29 is 17.5 Å². The molecule has 0 N–H and O–H groups in total. The number of aryl methyl sites for hydroxylation is 1. The van der Waals surface area contributed by atoms with E-state index < -0.39 is 10.1 Å². The summed E-state index contributed by atoms with van der Waals surface area (Å²) in [5, 5.41) is 0. The van der Waals surface area contributed by atoms with Gasteiger partial charge in [0.05, 0.1) is 10.1 Å². The van der Waals surface area contributed by atoms with Gasteiger partial charge < -0.3 is 9.45 Å². The minimum Gasteiger partial charge on any atom is -0.748 e. The summed E-state index contributed by atoms with van der Waals surface area (Å²) in [7, 11) is -0.191. The number of rotatable bonds is 5. The molecule has 5 nitrogen and oxygen atoms in total. The Hall–Kier alpha value is -1.14. The lowest BCUT2D eigenvalue weighted by atomic mass is 10.3. The zero-order chi connectivity index (χ0) is 12.2. The molecule has 0 amide bonds. The smallest absolute Gasteiger partial charge is 0.170 e. The van der Waals surface area contributed by atoms with E-state index in [9.17, 15) is 13.0 Å². The van der Waals surface area contributed by atoms with Crippen LogP contribution >= 0.6 is 0 Å². The van der Waals surface area contributed by atoms with Crippen LogP contribution < -0.4 is 9.47 Å². The molecular weight excluding hydrogens is 228 g/mol. The van der Waals surface area contributed by atoms with Crippen LogP contribution in [0.3, 0.4) is 0 Å². The van der Waals surface area contributed by atoms with E-state index in [-0.39, 0.29) is 5.75 Å². The standard InChI is InChI=1S/C10H16N2O3S/c1-11(2)10-4-7-12(8-5-10)6-3-9-16(13,14)15/h4-5,7-8H,3,6,9H2,1-2H3. The highest BCUT2D eigenvalue weighted by atomic mass is 32.2. The van der Waals surface area contributed by atoms with Crippen LogP contribution in [-0.4, -0.2) is 32.8 Å². The lowest BCUT2D eigenvalue weighted by Crippen LogP contribution is -2.33. The first kappa shape index (κ1) is 12.9. The molecule has 0 unspecified atom stereocenters. The Morgan fingerprint density at radius 2 is 1.88 bits per heavy atom. The van der Waals surface area contributed by atoms with E-state index in [1.807, 2.05) is 48.1 Å². The molecule has 6 heteroatoms. The lowest BCUT2D eigenvalue weighted by molar-refractivity contribution is -0.696. The summed E-state index contributed by atoms with van der Waals surface area (Å²) in [6.07, 6.45) is 4.08. The van der Waals surface area contributed by atoms with E-state index in [0.29, 0.717) is 13.0 Å². The first-order valence-corrected chi connectivity index (χ1v) is 6.56. The monoisotopic (exact) mass is 244 g/mol. The van der Waals surface area contributed by atoms with Crippen LogP contribution in [0.5, 0.6) is 0 Å². The molecule has 16 heavy (non-hydrogen) atoms. The summed E-state index contributed by atoms with van der Waals surface area (Å²) >= 11 is 0. The Labute approximate surface area is 96.1 Å². The molecular formula is C10H16N2O3S. The largest absolute Gasteiger partial charge is 0.748 e. The molecule has 0 fully saturated rings. The van der Waals surface area contributed by atoms with Crippen molar-refractivity contribution in [3.05, 3.63) is 24.5 Å². The Bertz CT molecular complexity index is 426. The highest BCUT2D eigenvalue weighted by molar-refractivity contribution is 7.85. The molecule has 1 rings (SSSR count). The zero-order valence-electron chi connectivity index (χ0n) is 9.46. The fourth-order valence-electron chi connectivity index (χ4n) is 1.32. The summed E-state index contributed by atoms with van der Waals surface area (Å²) in [6.45, 7) is 0.537. The van der Waals surface area contributed by atoms with Crippen molar-refractivity contribution >= 4 is 15.8 Å². The number of aromatic nitrogens is 1. The number of pyridine rings is 1. The second kappa shape index (κ2) is 5.27. The van der Waals surface area contributed by atoms with Crippen LogP contribution in [0.1, 0.15) is 6.42 Å². The Morgan fingerprint density at radius 1 is 1.31 bits per heavy atom. The van der Waals surface area contributed by atoms with Gasteiger partial charge in [0.25, 0.3) is 0 Å². The lowest BCUT2D eigenvalue weighted by Gasteiger charge is -2.10.